The van der Waals surface area contributed by atoms with E-state index < -0.39 is 8.60 Å². The smallest absolute Gasteiger partial charge is 0.463 e. The van der Waals surface area contributed by atoms with Crippen molar-refractivity contribution in [3.8, 4) is 17.2 Å². The van der Waals surface area contributed by atoms with E-state index in [1.54, 1.807) is 0 Å². The molecule has 0 aliphatic heterocycles. The third-order valence-corrected chi connectivity index (χ3v) is 6.52. The molecule has 0 N–H and O–H groups in total. The molecule has 0 aromatic heterocycles. The molecule has 0 heterocycles. The summed E-state index contributed by atoms with van der Waals surface area (Å²) in [5.41, 5.74) is 3.53. The summed E-state index contributed by atoms with van der Waals surface area (Å²) in [6.45, 7) is 14.4. The van der Waals surface area contributed by atoms with Crippen LogP contribution in [0.4, 0.5) is 0 Å². The highest BCUT2D eigenvalue weighted by atomic mass is 31.2. The van der Waals surface area contributed by atoms with E-state index in [2.05, 4.69) is 20.4 Å². The number of carbonyl (C=O) groups excluding carboxylic acids is 1. The predicted molar refractivity (Wildman–Crippen MR) is 157 cm³/mol. The van der Waals surface area contributed by atoms with Crippen LogP contribution in [0.5, 0.6) is 17.2 Å². The van der Waals surface area contributed by atoms with E-state index in [4.69, 9.17) is 18.3 Å². The van der Waals surface area contributed by atoms with Crippen molar-refractivity contribution in [1.82, 2.24) is 0 Å². The SMILES string of the molecule is C=CC(=O)OCCCCCC(C)C.Cc1ccc(OP(Oc2ccc(C)cc2)Oc2ccc(C)cc2)cc1. The maximum absolute atomic E-state index is 10.6. The van der Waals surface area contributed by atoms with Crippen LogP contribution in [0, 0.1) is 26.7 Å². The van der Waals surface area contributed by atoms with Gasteiger partial charge >= 0.3 is 14.6 Å². The molecule has 3 aromatic rings. The van der Waals surface area contributed by atoms with E-state index in [0.29, 0.717) is 6.61 Å². The Hall–Kier alpha value is -3.30. The maximum atomic E-state index is 10.6. The van der Waals surface area contributed by atoms with Gasteiger partial charge in [0, 0.05) is 6.08 Å². The van der Waals surface area contributed by atoms with Gasteiger partial charge in [0.25, 0.3) is 0 Å². The van der Waals surface area contributed by atoms with Crippen molar-refractivity contribution in [2.45, 2.75) is 60.3 Å². The molecule has 6 heteroatoms. The second-order valence-corrected chi connectivity index (χ2v) is 10.5. The van der Waals surface area contributed by atoms with E-state index in [0.717, 1.165) is 36.0 Å². The van der Waals surface area contributed by atoms with Gasteiger partial charge in [-0.25, -0.2) is 4.79 Å². The van der Waals surface area contributed by atoms with Crippen molar-refractivity contribution in [3.63, 3.8) is 0 Å². The fourth-order valence-electron chi connectivity index (χ4n) is 3.17. The van der Waals surface area contributed by atoms with Gasteiger partial charge in [-0.3, -0.25) is 0 Å². The number of rotatable bonds is 13. The summed E-state index contributed by atoms with van der Waals surface area (Å²) in [6, 6.07) is 23.5. The molecule has 0 atom stereocenters. The van der Waals surface area contributed by atoms with Crippen LogP contribution in [0.15, 0.2) is 85.5 Å². The molecule has 0 aliphatic rings. The summed E-state index contributed by atoms with van der Waals surface area (Å²) >= 11 is 0. The minimum Gasteiger partial charge on any atom is -0.463 e. The quantitative estimate of drug-likeness (QED) is 0.0943. The van der Waals surface area contributed by atoms with Gasteiger partial charge in [0.1, 0.15) is 17.2 Å². The average molecular weight is 537 g/mol. The zero-order valence-electron chi connectivity index (χ0n) is 23.3. The molecule has 0 saturated carbocycles. The van der Waals surface area contributed by atoms with Gasteiger partial charge < -0.3 is 18.3 Å². The summed E-state index contributed by atoms with van der Waals surface area (Å²) in [5.74, 6) is 2.61. The minimum atomic E-state index is -1.62. The Balaban J connectivity index is 0.000000332. The van der Waals surface area contributed by atoms with Crippen LogP contribution < -0.4 is 13.6 Å². The lowest BCUT2D eigenvalue weighted by atomic mass is 10.1. The van der Waals surface area contributed by atoms with Crippen LogP contribution in [-0.4, -0.2) is 12.6 Å². The Labute approximate surface area is 229 Å². The Morgan fingerprint density at radius 2 is 1.11 bits per heavy atom. The number of esters is 1. The Kier molecular flexibility index (Phi) is 14.0. The molecule has 0 saturated heterocycles. The molecule has 38 heavy (non-hydrogen) atoms. The fraction of sp³-hybridized carbons (Fsp3) is 0.344. The Morgan fingerprint density at radius 3 is 1.45 bits per heavy atom. The number of ether oxygens (including phenoxy) is 1. The topological polar surface area (TPSA) is 54.0 Å². The monoisotopic (exact) mass is 536 g/mol. The van der Waals surface area contributed by atoms with Crippen molar-refractivity contribution >= 4 is 14.6 Å². The molecular formula is C32H41O5P. The molecule has 0 radical (unpaired) electrons. The number of unbranched alkanes of at least 4 members (excludes halogenated alkanes) is 2. The third kappa shape index (κ3) is 13.3. The van der Waals surface area contributed by atoms with Crippen LogP contribution in [0.2, 0.25) is 0 Å². The van der Waals surface area contributed by atoms with Gasteiger partial charge in [0.15, 0.2) is 0 Å². The number of aryl methyl sites for hydroxylation is 3. The number of hydrogen-bond acceptors (Lipinski definition) is 5. The van der Waals surface area contributed by atoms with Gasteiger partial charge in [-0.1, -0.05) is 92.8 Å². The van der Waals surface area contributed by atoms with Crippen molar-refractivity contribution in [2.75, 3.05) is 6.61 Å². The number of carbonyl (C=O) groups is 1. The second-order valence-electron chi connectivity index (χ2n) is 9.55. The van der Waals surface area contributed by atoms with Crippen molar-refractivity contribution in [1.29, 1.82) is 0 Å². The van der Waals surface area contributed by atoms with Crippen molar-refractivity contribution in [3.05, 3.63) is 102 Å². The lowest BCUT2D eigenvalue weighted by molar-refractivity contribution is -0.137. The van der Waals surface area contributed by atoms with Crippen molar-refractivity contribution < 1.29 is 23.1 Å². The molecule has 0 fully saturated rings. The zero-order valence-corrected chi connectivity index (χ0v) is 24.2. The van der Waals surface area contributed by atoms with Crippen LogP contribution in [0.3, 0.4) is 0 Å². The Bertz CT molecular complexity index is 963. The molecule has 5 nitrogen and oxygen atoms in total. The molecule has 0 bridgehead atoms. The van der Waals surface area contributed by atoms with E-state index in [1.165, 1.54) is 35.6 Å². The van der Waals surface area contributed by atoms with E-state index in [1.807, 2.05) is 93.6 Å². The number of hydrogen-bond donors (Lipinski definition) is 0. The lowest BCUT2D eigenvalue weighted by Gasteiger charge is -2.18. The van der Waals surface area contributed by atoms with Gasteiger partial charge in [0.05, 0.1) is 6.61 Å². The normalized spacial score (nSPS) is 10.4. The lowest BCUT2D eigenvalue weighted by Crippen LogP contribution is -2.02. The predicted octanol–water partition coefficient (Wildman–Crippen LogP) is 9.31. The van der Waals surface area contributed by atoms with Gasteiger partial charge in [-0.05, 0) is 69.5 Å². The second kappa shape index (κ2) is 17.3. The summed E-state index contributed by atoms with van der Waals surface area (Å²) in [5, 5.41) is 0. The molecule has 3 rings (SSSR count). The summed E-state index contributed by atoms with van der Waals surface area (Å²) in [6.07, 6.45) is 5.79. The highest BCUT2D eigenvalue weighted by molar-refractivity contribution is 7.43. The highest BCUT2D eigenvalue weighted by Crippen LogP contribution is 2.42. The zero-order chi connectivity index (χ0) is 27.8. The van der Waals surface area contributed by atoms with Crippen LogP contribution in [0.1, 0.15) is 56.2 Å². The Morgan fingerprint density at radius 1 is 0.711 bits per heavy atom. The van der Waals surface area contributed by atoms with Crippen LogP contribution in [0.25, 0.3) is 0 Å². The van der Waals surface area contributed by atoms with E-state index in [9.17, 15) is 4.79 Å². The first-order valence-corrected chi connectivity index (χ1v) is 14.2. The standard InChI is InChI=1S/C21H21O3P.C11H20O2/c1-16-4-10-19(11-5-16)22-25(23-20-12-6-17(2)7-13-20)24-21-14-8-18(3)9-15-21;1-4-11(12)13-9-7-5-6-8-10(2)3/h4-15H,1-3H3;4,10H,1,5-9H2,2-3H3. The van der Waals surface area contributed by atoms with Crippen LogP contribution in [-0.2, 0) is 9.53 Å². The van der Waals surface area contributed by atoms with Gasteiger partial charge in [-0.2, -0.15) is 0 Å². The van der Waals surface area contributed by atoms with Gasteiger partial charge in [-0.15, -0.1) is 0 Å². The summed E-state index contributed by atoms with van der Waals surface area (Å²) in [4.78, 5) is 10.6. The minimum absolute atomic E-state index is 0.316. The first kappa shape index (κ1) is 30.9. The maximum Gasteiger partial charge on any atom is 0.530 e. The van der Waals surface area contributed by atoms with Crippen LogP contribution >= 0.6 is 8.60 Å². The summed E-state index contributed by atoms with van der Waals surface area (Å²) in [7, 11) is -1.62. The fourth-order valence-corrected chi connectivity index (χ4v) is 4.17. The molecule has 3 aromatic carbocycles. The highest BCUT2D eigenvalue weighted by Gasteiger charge is 2.19. The summed E-state index contributed by atoms with van der Waals surface area (Å²) < 4.78 is 22.7. The average Bonchev–Trinajstić information content (AvgIpc) is 2.90. The molecule has 0 amide bonds. The first-order chi connectivity index (χ1) is 18.2. The van der Waals surface area contributed by atoms with E-state index >= 15 is 0 Å². The third-order valence-electron chi connectivity index (χ3n) is 5.44. The molecular weight excluding hydrogens is 495 g/mol. The van der Waals surface area contributed by atoms with Crippen molar-refractivity contribution in [2.24, 2.45) is 5.92 Å². The first-order valence-electron chi connectivity index (χ1n) is 13.1. The number of benzene rings is 3. The largest absolute Gasteiger partial charge is 0.530 e. The van der Waals surface area contributed by atoms with Gasteiger partial charge in [0.2, 0.25) is 0 Å². The van der Waals surface area contributed by atoms with E-state index in [-0.39, 0.29) is 5.97 Å². The molecule has 0 aliphatic carbocycles. The molecule has 204 valence electrons. The molecule has 0 unspecified atom stereocenters. The molecule has 0 spiro atoms.